The van der Waals surface area contributed by atoms with Gasteiger partial charge in [0.1, 0.15) is 0 Å². The second-order valence-corrected chi connectivity index (χ2v) is 6.74. The van der Waals surface area contributed by atoms with E-state index < -0.39 is 0 Å². The summed E-state index contributed by atoms with van der Waals surface area (Å²) < 4.78 is 0. The van der Waals surface area contributed by atoms with Crippen molar-refractivity contribution in [2.24, 2.45) is 11.8 Å². The maximum absolute atomic E-state index is 4.48. The number of rotatable bonds is 2. The van der Waals surface area contributed by atoms with Crippen molar-refractivity contribution in [3.8, 4) is 0 Å². The molecule has 4 nitrogen and oxygen atoms in total. The van der Waals surface area contributed by atoms with Crippen molar-refractivity contribution in [3.63, 3.8) is 0 Å². The number of hydrogen-bond donors (Lipinski definition) is 0. The number of piperidine rings is 1. The molecule has 0 aromatic carbocycles. The predicted octanol–water partition coefficient (Wildman–Crippen LogP) is 1.95. The van der Waals surface area contributed by atoms with Crippen LogP contribution in [0.15, 0.2) is 18.6 Å². The first kappa shape index (κ1) is 12.7. The van der Waals surface area contributed by atoms with Crippen LogP contribution in [0, 0.1) is 11.8 Å². The SMILES string of the molecule is C[C@H](c1cnccn1)N1C[C@@H]2CN3CCCC[C@H]3[C@@H]2C1. The standard InChI is InChI=1S/C16H24N4/c1-12(15-8-17-5-6-18-15)20-10-13-9-19-7-3-2-4-16(19)14(13)11-20/h5-6,8,12-14,16H,2-4,7,9-11H2,1H3/t12-,13+,14-,16+/m1/s1. The third kappa shape index (κ3) is 2.06. The van der Waals surface area contributed by atoms with Crippen molar-refractivity contribution >= 4 is 0 Å². The van der Waals surface area contributed by atoms with E-state index in [4.69, 9.17) is 0 Å². The van der Waals surface area contributed by atoms with Gasteiger partial charge in [-0.2, -0.15) is 0 Å². The van der Waals surface area contributed by atoms with Gasteiger partial charge in [0.05, 0.1) is 11.7 Å². The molecule has 0 bridgehead atoms. The van der Waals surface area contributed by atoms with Gasteiger partial charge in [0.2, 0.25) is 0 Å². The Balaban J connectivity index is 1.47. The third-order valence-corrected chi connectivity index (χ3v) is 5.71. The minimum atomic E-state index is 0.409. The Kier molecular flexibility index (Phi) is 3.23. The van der Waals surface area contributed by atoms with Crippen molar-refractivity contribution in [2.75, 3.05) is 26.2 Å². The zero-order valence-corrected chi connectivity index (χ0v) is 12.3. The second kappa shape index (κ2) is 5.08. The van der Waals surface area contributed by atoms with Crippen LogP contribution in [0.2, 0.25) is 0 Å². The first-order chi connectivity index (χ1) is 9.83. The highest BCUT2D eigenvalue weighted by Gasteiger charge is 2.48. The molecule has 3 aliphatic heterocycles. The van der Waals surface area contributed by atoms with E-state index >= 15 is 0 Å². The molecular weight excluding hydrogens is 248 g/mol. The summed E-state index contributed by atoms with van der Waals surface area (Å²) in [5, 5.41) is 0. The van der Waals surface area contributed by atoms with E-state index in [9.17, 15) is 0 Å². The van der Waals surface area contributed by atoms with Crippen LogP contribution in [0.1, 0.15) is 37.9 Å². The minimum absolute atomic E-state index is 0.409. The molecule has 1 aromatic heterocycles. The molecule has 4 rings (SSSR count). The summed E-state index contributed by atoms with van der Waals surface area (Å²) in [7, 11) is 0. The summed E-state index contributed by atoms with van der Waals surface area (Å²) >= 11 is 0. The Labute approximate surface area is 121 Å². The fourth-order valence-corrected chi connectivity index (χ4v) is 4.62. The normalized spacial score (nSPS) is 35.8. The number of hydrogen-bond acceptors (Lipinski definition) is 4. The Morgan fingerprint density at radius 3 is 3.00 bits per heavy atom. The van der Waals surface area contributed by atoms with Crippen molar-refractivity contribution in [2.45, 2.75) is 38.3 Å². The fraction of sp³-hybridized carbons (Fsp3) is 0.750. The van der Waals surface area contributed by atoms with Crippen LogP contribution in [0.5, 0.6) is 0 Å². The molecule has 20 heavy (non-hydrogen) atoms. The molecule has 0 unspecified atom stereocenters. The van der Waals surface area contributed by atoms with Crippen LogP contribution in [0.3, 0.4) is 0 Å². The number of nitrogens with zero attached hydrogens (tertiary/aromatic N) is 4. The summed E-state index contributed by atoms with van der Waals surface area (Å²) in [6.45, 7) is 7.46. The minimum Gasteiger partial charge on any atom is -0.300 e. The van der Waals surface area contributed by atoms with E-state index in [2.05, 4.69) is 26.7 Å². The molecule has 4 heterocycles. The van der Waals surface area contributed by atoms with E-state index in [1.807, 2.05) is 12.4 Å². The first-order valence-corrected chi connectivity index (χ1v) is 8.07. The van der Waals surface area contributed by atoms with Gasteiger partial charge in [-0.1, -0.05) is 6.42 Å². The highest BCUT2D eigenvalue weighted by molar-refractivity contribution is 5.07. The summed E-state index contributed by atoms with van der Waals surface area (Å²) in [5.41, 5.74) is 1.12. The molecule has 3 fully saturated rings. The summed E-state index contributed by atoms with van der Waals surface area (Å²) in [5.74, 6) is 1.78. The lowest BCUT2D eigenvalue weighted by Crippen LogP contribution is -2.40. The van der Waals surface area contributed by atoms with E-state index in [-0.39, 0.29) is 0 Å². The lowest BCUT2D eigenvalue weighted by molar-refractivity contribution is 0.142. The van der Waals surface area contributed by atoms with Crippen LogP contribution >= 0.6 is 0 Å². The van der Waals surface area contributed by atoms with Gasteiger partial charge in [0.15, 0.2) is 0 Å². The Bertz CT molecular complexity index is 463. The molecule has 3 saturated heterocycles. The number of aromatic nitrogens is 2. The smallest absolute Gasteiger partial charge is 0.0755 e. The van der Waals surface area contributed by atoms with E-state index in [1.165, 1.54) is 45.4 Å². The number of likely N-dealkylation sites (tertiary alicyclic amines) is 1. The highest BCUT2D eigenvalue weighted by atomic mass is 15.3. The van der Waals surface area contributed by atoms with Gasteiger partial charge in [-0.3, -0.25) is 19.8 Å². The zero-order chi connectivity index (χ0) is 13.5. The van der Waals surface area contributed by atoms with Crippen LogP contribution in [0.4, 0.5) is 0 Å². The molecule has 3 aliphatic rings. The van der Waals surface area contributed by atoms with Gasteiger partial charge in [-0.25, -0.2) is 0 Å². The van der Waals surface area contributed by atoms with Crippen molar-refractivity contribution in [1.82, 2.24) is 19.8 Å². The molecule has 0 spiro atoms. The zero-order valence-electron chi connectivity index (χ0n) is 12.3. The summed E-state index contributed by atoms with van der Waals surface area (Å²) in [6.07, 6.45) is 9.76. The van der Waals surface area contributed by atoms with Crippen LogP contribution < -0.4 is 0 Å². The topological polar surface area (TPSA) is 32.3 Å². The summed E-state index contributed by atoms with van der Waals surface area (Å²) in [6, 6.07) is 1.28. The van der Waals surface area contributed by atoms with Gasteiger partial charge in [0.25, 0.3) is 0 Å². The number of fused-ring (bicyclic) bond motifs is 3. The van der Waals surface area contributed by atoms with Crippen LogP contribution in [-0.4, -0.2) is 52.0 Å². The lowest BCUT2D eigenvalue weighted by atomic mass is 9.90. The summed E-state index contributed by atoms with van der Waals surface area (Å²) in [4.78, 5) is 14.1. The average Bonchev–Trinajstić information content (AvgIpc) is 3.05. The molecule has 0 saturated carbocycles. The largest absolute Gasteiger partial charge is 0.300 e. The molecule has 108 valence electrons. The van der Waals surface area contributed by atoms with E-state index in [0.29, 0.717) is 6.04 Å². The molecule has 1 aromatic rings. The Hall–Kier alpha value is -1.00. The van der Waals surface area contributed by atoms with Crippen LogP contribution in [0.25, 0.3) is 0 Å². The molecular formula is C16H24N4. The van der Waals surface area contributed by atoms with Crippen LogP contribution in [-0.2, 0) is 0 Å². The average molecular weight is 272 g/mol. The Morgan fingerprint density at radius 2 is 2.15 bits per heavy atom. The lowest BCUT2D eigenvalue weighted by Gasteiger charge is -2.34. The van der Waals surface area contributed by atoms with Gasteiger partial charge in [-0.15, -0.1) is 0 Å². The monoisotopic (exact) mass is 272 g/mol. The highest BCUT2D eigenvalue weighted by Crippen LogP contribution is 2.42. The van der Waals surface area contributed by atoms with E-state index in [0.717, 1.165) is 23.6 Å². The Morgan fingerprint density at radius 1 is 1.20 bits per heavy atom. The van der Waals surface area contributed by atoms with Crippen molar-refractivity contribution in [3.05, 3.63) is 24.3 Å². The first-order valence-electron chi connectivity index (χ1n) is 8.07. The fourth-order valence-electron chi connectivity index (χ4n) is 4.62. The molecule has 0 aliphatic carbocycles. The molecule has 4 atom stereocenters. The molecule has 0 N–H and O–H groups in total. The molecule has 0 radical (unpaired) electrons. The molecule has 4 heteroatoms. The van der Waals surface area contributed by atoms with Crippen molar-refractivity contribution in [1.29, 1.82) is 0 Å². The quantitative estimate of drug-likeness (QED) is 0.824. The maximum Gasteiger partial charge on any atom is 0.0755 e. The second-order valence-electron chi connectivity index (χ2n) is 6.74. The van der Waals surface area contributed by atoms with Gasteiger partial charge in [0, 0.05) is 44.3 Å². The van der Waals surface area contributed by atoms with Gasteiger partial charge in [-0.05, 0) is 38.1 Å². The third-order valence-electron chi connectivity index (χ3n) is 5.71. The predicted molar refractivity (Wildman–Crippen MR) is 78.2 cm³/mol. The van der Waals surface area contributed by atoms with Crippen molar-refractivity contribution < 1.29 is 0 Å². The van der Waals surface area contributed by atoms with Gasteiger partial charge >= 0.3 is 0 Å². The van der Waals surface area contributed by atoms with Gasteiger partial charge < -0.3 is 0 Å². The maximum atomic E-state index is 4.48. The van der Waals surface area contributed by atoms with E-state index in [1.54, 1.807) is 6.20 Å². The molecule has 0 amide bonds.